The van der Waals surface area contributed by atoms with Gasteiger partial charge in [0.05, 0.1) is 6.54 Å². The molecule has 1 amide bonds. The van der Waals surface area contributed by atoms with Crippen LogP contribution in [0.2, 0.25) is 0 Å². The lowest BCUT2D eigenvalue weighted by Gasteiger charge is -2.23. The predicted octanol–water partition coefficient (Wildman–Crippen LogP) is 0.293. The van der Waals surface area contributed by atoms with Crippen molar-refractivity contribution in [2.45, 2.75) is 31.7 Å². The number of nitrogens with zero attached hydrogens (tertiary/aromatic N) is 2. The van der Waals surface area contributed by atoms with Gasteiger partial charge in [-0.15, -0.1) is 0 Å². The number of carbonyl (C=O) groups excluding carboxylic acids is 1. The van der Waals surface area contributed by atoms with E-state index in [4.69, 9.17) is 0 Å². The molecular weight excluding hydrogens is 202 g/mol. The second-order valence-corrected chi connectivity index (χ2v) is 5.08. The molecule has 16 heavy (non-hydrogen) atoms. The quantitative estimate of drug-likeness (QED) is 0.747. The summed E-state index contributed by atoms with van der Waals surface area (Å²) in [5.74, 6) is 0.304. The van der Waals surface area contributed by atoms with Crippen molar-refractivity contribution in [1.29, 1.82) is 0 Å². The molecule has 0 saturated carbocycles. The van der Waals surface area contributed by atoms with E-state index in [9.17, 15) is 4.79 Å². The van der Waals surface area contributed by atoms with Crippen molar-refractivity contribution in [1.82, 2.24) is 15.1 Å². The number of likely N-dealkylation sites (N-methyl/N-ethyl adjacent to an activating group) is 1. The Hall–Kier alpha value is -0.610. The third kappa shape index (κ3) is 3.19. The molecule has 0 aromatic rings. The number of amides is 1. The summed E-state index contributed by atoms with van der Waals surface area (Å²) >= 11 is 0. The highest BCUT2D eigenvalue weighted by atomic mass is 16.2. The summed E-state index contributed by atoms with van der Waals surface area (Å²) in [6, 6.07) is 0.594. The van der Waals surface area contributed by atoms with E-state index in [-0.39, 0.29) is 0 Å². The summed E-state index contributed by atoms with van der Waals surface area (Å²) in [4.78, 5) is 16.0. The van der Waals surface area contributed by atoms with Gasteiger partial charge in [-0.25, -0.2) is 0 Å². The van der Waals surface area contributed by atoms with Crippen LogP contribution in [-0.4, -0.2) is 61.5 Å². The molecule has 92 valence electrons. The largest absolute Gasteiger partial charge is 0.342 e. The van der Waals surface area contributed by atoms with Gasteiger partial charge in [0.2, 0.25) is 5.91 Å². The van der Waals surface area contributed by atoms with Gasteiger partial charge in [0.15, 0.2) is 0 Å². The highest BCUT2D eigenvalue weighted by molar-refractivity contribution is 5.78. The molecule has 1 N–H and O–H groups in total. The van der Waals surface area contributed by atoms with Crippen molar-refractivity contribution in [2.24, 2.45) is 0 Å². The molecule has 0 aromatic carbocycles. The van der Waals surface area contributed by atoms with E-state index in [2.05, 4.69) is 10.2 Å². The molecule has 0 bridgehead atoms. The van der Waals surface area contributed by atoms with Gasteiger partial charge in [-0.05, 0) is 39.3 Å². The van der Waals surface area contributed by atoms with Gasteiger partial charge in [-0.3, -0.25) is 9.69 Å². The number of nitrogens with one attached hydrogen (secondary N) is 1. The molecular formula is C12H23N3O. The van der Waals surface area contributed by atoms with Crippen molar-refractivity contribution in [3.63, 3.8) is 0 Å². The van der Waals surface area contributed by atoms with E-state index in [1.165, 1.54) is 25.7 Å². The van der Waals surface area contributed by atoms with Crippen molar-refractivity contribution in [3.05, 3.63) is 0 Å². The first kappa shape index (κ1) is 11.9. The number of rotatable bonds is 4. The Labute approximate surface area is 98.0 Å². The third-order valence-corrected chi connectivity index (χ3v) is 3.56. The van der Waals surface area contributed by atoms with Gasteiger partial charge in [-0.1, -0.05) is 0 Å². The van der Waals surface area contributed by atoms with Gasteiger partial charge in [-0.2, -0.15) is 0 Å². The van der Waals surface area contributed by atoms with Crippen LogP contribution in [0.25, 0.3) is 0 Å². The molecule has 2 saturated heterocycles. The zero-order chi connectivity index (χ0) is 11.4. The van der Waals surface area contributed by atoms with E-state index >= 15 is 0 Å². The van der Waals surface area contributed by atoms with E-state index in [1.807, 2.05) is 11.9 Å². The zero-order valence-corrected chi connectivity index (χ0v) is 10.2. The summed E-state index contributed by atoms with van der Waals surface area (Å²) in [5.41, 5.74) is 0. The maximum absolute atomic E-state index is 11.9. The Morgan fingerprint density at radius 1 is 1.38 bits per heavy atom. The fraction of sp³-hybridized carbons (Fsp3) is 0.917. The minimum Gasteiger partial charge on any atom is -0.342 e. The smallest absolute Gasteiger partial charge is 0.236 e. The monoisotopic (exact) mass is 225 g/mol. The zero-order valence-electron chi connectivity index (χ0n) is 10.2. The molecule has 0 aliphatic carbocycles. The van der Waals surface area contributed by atoms with Crippen LogP contribution < -0.4 is 5.32 Å². The average Bonchev–Trinajstić information content (AvgIpc) is 2.88. The summed E-state index contributed by atoms with van der Waals surface area (Å²) in [6.07, 6.45) is 4.89. The minimum atomic E-state index is 0.304. The molecule has 4 nitrogen and oxygen atoms in total. The van der Waals surface area contributed by atoms with Crippen LogP contribution in [0.3, 0.4) is 0 Å². The lowest BCUT2D eigenvalue weighted by molar-refractivity contribution is -0.131. The number of hydrogen-bond donors (Lipinski definition) is 1. The average molecular weight is 225 g/mol. The summed E-state index contributed by atoms with van der Waals surface area (Å²) in [5, 5.41) is 3.46. The molecule has 0 spiro atoms. The van der Waals surface area contributed by atoms with Crippen molar-refractivity contribution >= 4 is 5.91 Å². The predicted molar refractivity (Wildman–Crippen MR) is 64.3 cm³/mol. The maximum Gasteiger partial charge on any atom is 0.236 e. The molecule has 2 heterocycles. The topological polar surface area (TPSA) is 35.6 Å². The van der Waals surface area contributed by atoms with Gasteiger partial charge in [0.25, 0.3) is 0 Å². The van der Waals surface area contributed by atoms with Crippen molar-refractivity contribution < 1.29 is 4.79 Å². The molecule has 2 aliphatic rings. The van der Waals surface area contributed by atoms with Gasteiger partial charge >= 0.3 is 0 Å². The van der Waals surface area contributed by atoms with Crippen LogP contribution in [0.15, 0.2) is 0 Å². The van der Waals surface area contributed by atoms with Crippen molar-refractivity contribution in [3.8, 4) is 0 Å². The highest BCUT2D eigenvalue weighted by Gasteiger charge is 2.21. The third-order valence-electron chi connectivity index (χ3n) is 3.56. The van der Waals surface area contributed by atoms with Crippen LogP contribution in [0.5, 0.6) is 0 Å². The Morgan fingerprint density at radius 2 is 2.12 bits per heavy atom. The second kappa shape index (κ2) is 5.64. The fourth-order valence-electron chi connectivity index (χ4n) is 2.65. The maximum atomic E-state index is 11.9. The first-order valence-electron chi connectivity index (χ1n) is 6.45. The normalized spacial score (nSPS) is 25.6. The summed E-state index contributed by atoms with van der Waals surface area (Å²) in [7, 11) is 2.05. The molecule has 0 radical (unpaired) electrons. The van der Waals surface area contributed by atoms with E-state index < -0.39 is 0 Å². The molecule has 2 fully saturated rings. The molecule has 4 heteroatoms. The molecule has 0 unspecified atom stereocenters. The standard InChI is InChI=1S/C12H23N3O/c1-14(9-11-5-4-6-13-11)10-12(16)15-7-2-3-8-15/h11,13H,2-10H2,1H3/t11-/m1/s1. The van der Waals surface area contributed by atoms with E-state index in [1.54, 1.807) is 0 Å². The molecule has 0 aromatic heterocycles. The van der Waals surface area contributed by atoms with Gasteiger partial charge in [0.1, 0.15) is 0 Å². The van der Waals surface area contributed by atoms with Crippen LogP contribution in [0, 0.1) is 0 Å². The first-order valence-corrected chi connectivity index (χ1v) is 6.45. The van der Waals surface area contributed by atoms with E-state index in [0.717, 1.165) is 26.2 Å². The lowest BCUT2D eigenvalue weighted by atomic mass is 10.2. The molecule has 1 atom stereocenters. The lowest BCUT2D eigenvalue weighted by Crippen LogP contribution is -2.42. The van der Waals surface area contributed by atoms with Crippen LogP contribution >= 0.6 is 0 Å². The van der Waals surface area contributed by atoms with Crippen LogP contribution in [0.4, 0.5) is 0 Å². The number of carbonyl (C=O) groups is 1. The fourth-order valence-corrected chi connectivity index (χ4v) is 2.65. The van der Waals surface area contributed by atoms with Gasteiger partial charge in [0, 0.05) is 25.7 Å². The highest BCUT2D eigenvalue weighted by Crippen LogP contribution is 2.09. The Bertz CT molecular complexity index is 232. The molecule has 2 rings (SSSR count). The number of hydrogen-bond acceptors (Lipinski definition) is 3. The number of likely N-dealkylation sites (tertiary alicyclic amines) is 1. The Morgan fingerprint density at radius 3 is 2.75 bits per heavy atom. The molecule has 2 aliphatic heterocycles. The van der Waals surface area contributed by atoms with Crippen molar-refractivity contribution in [2.75, 3.05) is 39.8 Å². The Balaban J connectivity index is 1.68. The summed E-state index contributed by atoms with van der Waals surface area (Å²) < 4.78 is 0. The van der Waals surface area contributed by atoms with E-state index in [0.29, 0.717) is 18.5 Å². The Kier molecular flexibility index (Phi) is 4.18. The second-order valence-electron chi connectivity index (χ2n) is 5.08. The summed E-state index contributed by atoms with van der Waals surface area (Å²) in [6.45, 7) is 4.65. The van der Waals surface area contributed by atoms with Crippen LogP contribution in [0.1, 0.15) is 25.7 Å². The SMILES string of the molecule is CN(CC(=O)N1CCCC1)C[C@H]1CCCN1. The van der Waals surface area contributed by atoms with Crippen LogP contribution in [-0.2, 0) is 4.79 Å². The van der Waals surface area contributed by atoms with Gasteiger partial charge < -0.3 is 10.2 Å². The minimum absolute atomic E-state index is 0.304. The first-order chi connectivity index (χ1) is 7.75.